The average molecular weight is 341 g/mol. The molecule has 0 amide bonds. The molecule has 0 saturated carbocycles. The summed E-state index contributed by atoms with van der Waals surface area (Å²) in [6.45, 7) is 9.33. The first-order chi connectivity index (χ1) is 11.9. The molecule has 1 aromatic rings. The van der Waals surface area contributed by atoms with Crippen LogP contribution in [0.1, 0.15) is 63.7 Å². The van der Waals surface area contributed by atoms with Crippen LogP contribution in [0.2, 0.25) is 0 Å². The lowest BCUT2D eigenvalue weighted by Crippen LogP contribution is -2.02. The van der Waals surface area contributed by atoms with Gasteiger partial charge in [-0.2, -0.15) is 0 Å². The van der Waals surface area contributed by atoms with E-state index in [1.54, 1.807) is 18.2 Å². The van der Waals surface area contributed by atoms with E-state index < -0.39 is 5.97 Å². The number of anilines is 1. The third-order valence-electron chi connectivity index (χ3n) is 3.99. The van der Waals surface area contributed by atoms with Gasteiger partial charge in [0.15, 0.2) is 0 Å². The molecule has 0 unspecified atom stereocenters. The predicted molar refractivity (Wildman–Crippen MR) is 107 cm³/mol. The van der Waals surface area contributed by atoms with Gasteiger partial charge in [0.2, 0.25) is 0 Å². The van der Waals surface area contributed by atoms with Gasteiger partial charge in [-0.3, -0.25) is 0 Å². The highest BCUT2D eigenvalue weighted by Crippen LogP contribution is 2.13. The number of benzene rings is 1. The number of hydrogen-bond acceptors (Lipinski definition) is 2. The Morgan fingerprint density at radius 2 is 1.64 bits per heavy atom. The summed E-state index contributed by atoms with van der Waals surface area (Å²) in [5, 5.41) is 12.2. The van der Waals surface area contributed by atoms with Crippen LogP contribution >= 0.6 is 0 Å². The van der Waals surface area contributed by atoms with Gasteiger partial charge in [-0.1, -0.05) is 41.0 Å². The van der Waals surface area contributed by atoms with Crippen LogP contribution in [-0.2, 0) is 0 Å². The highest BCUT2D eigenvalue weighted by molar-refractivity contribution is 5.88. The molecule has 3 nitrogen and oxygen atoms in total. The molecule has 0 aliphatic carbocycles. The maximum absolute atomic E-state index is 11.0. The number of carbonyl (C=O) groups is 1. The standard InChI is InChI=1S/C22H31NO2/c1-17(2)8-5-9-18(3)10-6-11-19(4)14-15-23-21-13-7-12-20(16-21)22(24)25/h7-8,10,12-14,16,23H,5-6,9,11,15H2,1-4H3,(H,24,25). The normalized spacial score (nSPS) is 12.0. The Kier molecular flexibility index (Phi) is 9.38. The first-order valence-electron chi connectivity index (χ1n) is 8.90. The highest BCUT2D eigenvalue weighted by atomic mass is 16.4. The maximum Gasteiger partial charge on any atom is 0.335 e. The Morgan fingerprint density at radius 3 is 2.28 bits per heavy atom. The van der Waals surface area contributed by atoms with Gasteiger partial charge in [0.05, 0.1) is 5.56 Å². The van der Waals surface area contributed by atoms with Gasteiger partial charge in [0, 0.05) is 12.2 Å². The third kappa shape index (κ3) is 9.55. The van der Waals surface area contributed by atoms with Crippen LogP contribution in [0.3, 0.4) is 0 Å². The summed E-state index contributed by atoms with van der Waals surface area (Å²) >= 11 is 0. The molecule has 0 aliphatic heterocycles. The second-order valence-electron chi connectivity index (χ2n) is 6.73. The van der Waals surface area contributed by atoms with E-state index >= 15 is 0 Å². The lowest BCUT2D eigenvalue weighted by molar-refractivity contribution is 0.0697. The number of nitrogens with one attached hydrogen (secondary N) is 1. The molecule has 0 saturated heterocycles. The lowest BCUT2D eigenvalue weighted by Gasteiger charge is -2.06. The monoisotopic (exact) mass is 341 g/mol. The Hall–Kier alpha value is -2.29. The Labute approximate surface area is 152 Å². The molecule has 0 spiro atoms. The number of carboxylic acids is 1. The molecule has 0 bridgehead atoms. The van der Waals surface area contributed by atoms with Crippen molar-refractivity contribution >= 4 is 11.7 Å². The highest BCUT2D eigenvalue weighted by Gasteiger charge is 2.02. The molecule has 0 radical (unpaired) electrons. The van der Waals surface area contributed by atoms with E-state index in [1.165, 1.54) is 16.7 Å². The number of allylic oxidation sites excluding steroid dienone is 5. The van der Waals surface area contributed by atoms with Crippen LogP contribution in [-0.4, -0.2) is 17.6 Å². The van der Waals surface area contributed by atoms with Crippen LogP contribution in [0, 0.1) is 0 Å². The molecule has 136 valence electrons. The zero-order chi connectivity index (χ0) is 18.7. The third-order valence-corrected chi connectivity index (χ3v) is 3.99. The van der Waals surface area contributed by atoms with Crippen molar-refractivity contribution in [3.63, 3.8) is 0 Å². The van der Waals surface area contributed by atoms with E-state index in [-0.39, 0.29) is 0 Å². The van der Waals surface area contributed by atoms with E-state index in [4.69, 9.17) is 5.11 Å². The molecule has 1 aromatic carbocycles. The summed E-state index contributed by atoms with van der Waals surface area (Å²) in [4.78, 5) is 11.0. The van der Waals surface area contributed by atoms with Gasteiger partial charge < -0.3 is 10.4 Å². The molecule has 0 aromatic heterocycles. The Balaban J connectivity index is 2.35. The van der Waals surface area contributed by atoms with E-state index in [2.05, 4.69) is 51.2 Å². The summed E-state index contributed by atoms with van der Waals surface area (Å²) < 4.78 is 0. The summed E-state index contributed by atoms with van der Waals surface area (Å²) in [7, 11) is 0. The Morgan fingerprint density at radius 1 is 1.00 bits per heavy atom. The van der Waals surface area contributed by atoms with Crippen molar-refractivity contribution in [2.45, 2.75) is 53.4 Å². The van der Waals surface area contributed by atoms with Crippen molar-refractivity contribution in [1.82, 2.24) is 0 Å². The fourth-order valence-electron chi connectivity index (χ4n) is 2.44. The van der Waals surface area contributed by atoms with Gasteiger partial charge in [0.25, 0.3) is 0 Å². The van der Waals surface area contributed by atoms with E-state index in [0.717, 1.165) is 31.4 Å². The molecular weight excluding hydrogens is 310 g/mol. The van der Waals surface area contributed by atoms with Gasteiger partial charge >= 0.3 is 5.97 Å². The van der Waals surface area contributed by atoms with Crippen molar-refractivity contribution in [2.24, 2.45) is 0 Å². The van der Waals surface area contributed by atoms with E-state index in [0.29, 0.717) is 12.1 Å². The predicted octanol–water partition coefficient (Wildman–Crippen LogP) is 6.22. The topological polar surface area (TPSA) is 49.3 Å². The molecule has 0 aliphatic rings. The molecular formula is C22H31NO2. The minimum Gasteiger partial charge on any atom is -0.478 e. The SMILES string of the molecule is CC(C)=CCCC(C)=CCCC(C)=CCNc1cccc(C(=O)O)c1. The zero-order valence-corrected chi connectivity index (χ0v) is 15.9. The van der Waals surface area contributed by atoms with Crippen molar-refractivity contribution in [1.29, 1.82) is 0 Å². The molecule has 25 heavy (non-hydrogen) atoms. The number of rotatable bonds is 10. The van der Waals surface area contributed by atoms with Gasteiger partial charge in [0.1, 0.15) is 0 Å². The van der Waals surface area contributed by atoms with Crippen LogP contribution < -0.4 is 5.32 Å². The van der Waals surface area contributed by atoms with Gasteiger partial charge in [-0.05, 0) is 71.6 Å². The summed E-state index contributed by atoms with van der Waals surface area (Å²) in [5.41, 5.74) is 5.32. The van der Waals surface area contributed by atoms with E-state index in [1.807, 2.05) is 6.07 Å². The number of carboxylic acid groups (broad SMARTS) is 1. The minimum absolute atomic E-state index is 0.305. The number of hydrogen-bond donors (Lipinski definition) is 2. The van der Waals surface area contributed by atoms with Crippen LogP contribution in [0.5, 0.6) is 0 Å². The quantitative estimate of drug-likeness (QED) is 0.497. The second kappa shape index (κ2) is 11.3. The van der Waals surface area contributed by atoms with Crippen LogP contribution in [0.4, 0.5) is 5.69 Å². The molecule has 2 N–H and O–H groups in total. The van der Waals surface area contributed by atoms with Crippen molar-refractivity contribution in [2.75, 3.05) is 11.9 Å². The molecule has 3 heteroatoms. The van der Waals surface area contributed by atoms with Crippen LogP contribution in [0.15, 0.2) is 59.2 Å². The van der Waals surface area contributed by atoms with Gasteiger partial charge in [-0.15, -0.1) is 0 Å². The summed E-state index contributed by atoms with van der Waals surface area (Å²) in [5.74, 6) is -0.901. The van der Waals surface area contributed by atoms with Gasteiger partial charge in [-0.25, -0.2) is 4.79 Å². The summed E-state index contributed by atoms with van der Waals surface area (Å²) in [6.07, 6.45) is 11.2. The maximum atomic E-state index is 11.0. The average Bonchev–Trinajstić information content (AvgIpc) is 2.54. The first kappa shape index (κ1) is 20.8. The largest absolute Gasteiger partial charge is 0.478 e. The van der Waals surface area contributed by atoms with Crippen LogP contribution in [0.25, 0.3) is 0 Å². The van der Waals surface area contributed by atoms with Crippen molar-refractivity contribution in [3.05, 3.63) is 64.8 Å². The van der Waals surface area contributed by atoms with E-state index in [9.17, 15) is 4.79 Å². The second-order valence-corrected chi connectivity index (χ2v) is 6.73. The number of aromatic carboxylic acids is 1. The molecule has 1 rings (SSSR count). The lowest BCUT2D eigenvalue weighted by atomic mass is 10.1. The fourth-order valence-corrected chi connectivity index (χ4v) is 2.44. The molecule has 0 heterocycles. The van der Waals surface area contributed by atoms with Crippen molar-refractivity contribution < 1.29 is 9.90 Å². The smallest absolute Gasteiger partial charge is 0.335 e. The first-order valence-corrected chi connectivity index (χ1v) is 8.90. The summed E-state index contributed by atoms with van der Waals surface area (Å²) in [6, 6.07) is 6.89. The Bertz CT molecular complexity index is 650. The fraction of sp³-hybridized carbons (Fsp3) is 0.409. The van der Waals surface area contributed by atoms with Crippen molar-refractivity contribution in [3.8, 4) is 0 Å². The minimum atomic E-state index is -0.901. The molecule has 0 atom stereocenters. The molecule has 0 fully saturated rings. The zero-order valence-electron chi connectivity index (χ0n) is 15.9.